The SMILES string of the molecule is CCc1cnc(C(C)NC(=O)NCC(C)(O)c2cnn(C)c2)s1. The van der Waals surface area contributed by atoms with Gasteiger partial charge in [-0.15, -0.1) is 11.3 Å². The number of rotatable bonds is 6. The first-order chi connectivity index (χ1) is 10.8. The molecular weight excluding hydrogens is 314 g/mol. The molecule has 0 aliphatic heterocycles. The molecule has 2 rings (SSSR count). The number of thiazole rings is 1. The average molecular weight is 337 g/mol. The molecule has 0 bridgehead atoms. The van der Waals surface area contributed by atoms with Crippen molar-refractivity contribution < 1.29 is 9.90 Å². The van der Waals surface area contributed by atoms with Crippen molar-refractivity contribution in [3.05, 3.63) is 34.0 Å². The second kappa shape index (κ2) is 7.10. The van der Waals surface area contributed by atoms with Gasteiger partial charge in [0.15, 0.2) is 0 Å². The predicted octanol–water partition coefficient (Wildman–Crippen LogP) is 1.71. The van der Waals surface area contributed by atoms with Gasteiger partial charge in [-0.05, 0) is 20.3 Å². The third-order valence-electron chi connectivity index (χ3n) is 3.56. The summed E-state index contributed by atoms with van der Waals surface area (Å²) in [4.78, 5) is 17.5. The molecule has 2 amide bonds. The lowest BCUT2D eigenvalue weighted by atomic mass is 10.00. The van der Waals surface area contributed by atoms with Crippen LogP contribution in [0.5, 0.6) is 0 Å². The minimum absolute atomic E-state index is 0.0926. The molecule has 3 N–H and O–H groups in total. The number of nitrogens with one attached hydrogen (secondary N) is 2. The smallest absolute Gasteiger partial charge is 0.315 e. The van der Waals surface area contributed by atoms with Gasteiger partial charge in [-0.2, -0.15) is 5.10 Å². The molecule has 0 saturated carbocycles. The molecule has 7 nitrogen and oxygen atoms in total. The molecule has 23 heavy (non-hydrogen) atoms. The Morgan fingerprint density at radius 3 is 2.83 bits per heavy atom. The van der Waals surface area contributed by atoms with Gasteiger partial charge in [0.25, 0.3) is 0 Å². The van der Waals surface area contributed by atoms with E-state index in [4.69, 9.17) is 0 Å². The zero-order chi connectivity index (χ0) is 17.0. The molecule has 0 spiro atoms. The maximum absolute atomic E-state index is 12.0. The summed E-state index contributed by atoms with van der Waals surface area (Å²) in [6, 6.07) is -0.515. The number of carbonyl (C=O) groups is 1. The van der Waals surface area contributed by atoms with Crippen LogP contribution in [0.1, 0.15) is 42.3 Å². The van der Waals surface area contributed by atoms with E-state index in [1.807, 2.05) is 13.1 Å². The van der Waals surface area contributed by atoms with Gasteiger partial charge < -0.3 is 15.7 Å². The van der Waals surface area contributed by atoms with E-state index in [2.05, 4.69) is 27.6 Å². The normalized spacial score (nSPS) is 15.0. The summed E-state index contributed by atoms with van der Waals surface area (Å²) in [5.74, 6) is 0. The Labute approximate surface area is 139 Å². The number of hydrogen-bond acceptors (Lipinski definition) is 5. The molecular formula is C15H23N5O2S. The van der Waals surface area contributed by atoms with Crippen molar-refractivity contribution >= 4 is 17.4 Å². The standard InChI is InChI=1S/C15H23N5O2S/c1-5-12-7-16-13(23-12)10(2)19-14(21)17-9-15(3,22)11-6-18-20(4)8-11/h6-8,10,22H,5,9H2,1-4H3,(H2,17,19,21). The molecule has 2 unspecified atom stereocenters. The van der Waals surface area contributed by atoms with Crippen LogP contribution in [0.3, 0.4) is 0 Å². The quantitative estimate of drug-likeness (QED) is 0.748. The summed E-state index contributed by atoms with van der Waals surface area (Å²) in [6.45, 7) is 5.69. The zero-order valence-electron chi connectivity index (χ0n) is 13.8. The van der Waals surface area contributed by atoms with E-state index in [0.29, 0.717) is 5.56 Å². The van der Waals surface area contributed by atoms with Crippen LogP contribution in [0.15, 0.2) is 18.6 Å². The highest BCUT2D eigenvalue weighted by atomic mass is 32.1. The monoisotopic (exact) mass is 337 g/mol. The van der Waals surface area contributed by atoms with Crippen LogP contribution in [0.2, 0.25) is 0 Å². The number of urea groups is 1. The second-order valence-electron chi connectivity index (χ2n) is 5.74. The summed E-state index contributed by atoms with van der Waals surface area (Å²) in [7, 11) is 1.78. The van der Waals surface area contributed by atoms with E-state index in [-0.39, 0.29) is 18.6 Å². The molecule has 2 aromatic heterocycles. The number of amides is 2. The second-order valence-corrected chi connectivity index (χ2v) is 6.89. The van der Waals surface area contributed by atoms with Crippen LogP contribution in [0, 0.1) is 0 Å². The predicted molar refractivity (Wildman–Crippen MR) is 89.2 cm³/mol. The number of aryl methyl sites for hydroxylation is 2. The van der Waals surface area contributed by atoms with Crippen LogP contribution >= 0.6 is 11.3 Å². The van der Waals surface area contributed by atoms with Crippen molar-refractivity contribution in [2.24, 2.45) is 7.05 Å². The van der Waals surface area contributed by atoms with Gasteiger partial charge >= 0.3 is 6.03 Å². The summed E-state index contributed by atoms with van der Waals surface area (Å²) >= 11 is 1.59. The first-order valence-electron chi connectivity index (χ1n) is 7.52. The molecule has 0 aromatic carbocycles. The van der Waals surface area contributed by atoms with Crippen molar-refractivity contribution in [1.82, 2.24) is 25.4 Å². The molecule has 0 aliphatic rings. The molecule has 8 heteroatoms. The van der Waals surface area contributed by atoms with Crippen molar-refractivity contribution in [2.45, 2.75) is 38.8 Å². The number of carbonyl (C=O) groups excluding carboxylic acids is 1. The lowest BCUT2D eigenvalue weighted by Gasteiger charge is -2.23. The number of aromatic nitrogens is 3. The average Bonchev–Trinajstić information content (AvgIpc) is 3.14. The number of aliphatic hydroxyl groups is 1. The Bertz CT molecular complexity index is 664. The third-order valence-corrected chi connectivity index (χ3v) is 4.88. The highest BCUT2D eigenvalue weighted by Gasteiger charge is 2.25. The molecule has 2 aromatic rings. The Balaban J connectivity index is 1.87. The molecule has 2 atom stereocenters. The Hall–Kier alpha value is -1.93. The Morgan fingerprint density at radius 2 is 2.26 bits per heavy atom. The van der Waals surface area contributed by atoms with E-state index in [1.165, 1.54) is 4.88 Å². The number of nitrogens with zero attached hydrogens (tertiary/aromatic N) is 3. The fourth-order valence-electron chi connectivity index (χ4n) is 2.05. The van der Waals surface area contributed by atoms with E-state index in [0.717, 1.165) is 11.4 Å². The largest absolute Gasteiger partial charge is 0.383 e. The van der Waals surface area contributed by atoms with Gasteiger partial charge in [0.2, 0.25) is 0 Å². The molecule has 2 heterocycles. The first kappa shape index (κ1) is 17.4. The van der Waals surface area contributed by atoms with E-state index in [1.54, 1.807) is 42.4 Å². The third kappa shape index (κ3) is 4.52. The van der Waals surface area contributed by atoms with Crippen LogP contribution in [0.4, 0.5) is 4.79 Å². The fraction of sp³-hybridized carbons (Fsp3) is 0.533. The first-order valence-corrected chi connectivity index (χ1v) is 8.34. The number of hydrogen-bond donors (Lipinski definition) is 3. The van der Waals surface area contributed by atoms with Crippen molar-refractivity contribution in [2.75, 3.05) is 6.54 Å². The van der Waals surface area contributed by atoms with Crippen LogP contribution in [-0.4, -0.2) is 32.4 Å². The summed E-state index contributed by atoms with van der Waals surface area (Å²) in [6.07, 6.45) is 6.09. The van der Waals surface area contributed by atoms with Gasteiger partial charge in [0.05, 0.1) is 18.8 Å². The van der Waals surface area contributed by atoms with Gasteiger partial charge in [-0.1, -0.05) is 6.92 Å². The summed E-state index contributed by atoms with van der Waals surface area (Å²) < 4.78 is 1.61. The highest BCUT2D eigenvalue weighted by molar-refractivity contribution is 7.11. The van der Waals surface area contributed by atoms with E-state index >= 15 is 0 Å². The fourth-order valence-corrected chi connectivity index (χ4v) is 2.91. The molecule has 0 fully saturated rings. The topological polar surface area (TPSA) is 92.1 Å². The molecule has 0 saturated heterocycles. The minimum atomic E-state index is -1.18. The molecule has 0 aliphatic carbocycles. The zero-order valence-corrected chi connectivity index (χ0v) is 14.6. The molecule has 126 valence electrons. The Morgan fingerprint density at radius 1 is 1.52 bits per heavy atom. The lowest BCUT2D eigenvalue weighted by molar-refractivity contribution is 0.0592. The Kier molecular flexibility index (Phi) is 5.38. The van der Waals surface area contributed by atoms with E-state index < -0.39 is 5.60 Å². The van der Waals surface area contributed by atoms with Gasteiger partial charge in [-0.3, -0.25) is 4.68 Å². The maximum atomic E-state index is 12.0. The summed E-state index contributed by atoms with van der Waals surface area (Å²) in [5, 5.41) is 20.9. The van der Waals surface area contributed by atoms with Crippen LogP contribution in [0.25, 0.3) is 0 Å². The van der Waals surface area contributed by atoms with Gasteiger partial charge in [0.1, 0.15) is 10.6 Å². The van der Waals surface area contributed by atoms with Crippen LogP contribution < -0.4 is 10.6 Å². The molecule has 0 radical (unpaired) electrons. The minimum Gasteiger partial charge on any atom is -0.383 e. The van der Waals surface area contributed by atoms with Crippen molar-refractivity contribution in [3.8, 4) is 0 Å². The van der Waals surface area contributed by atoms with Gasteiger partial charge in [0, 0.05) is 29.9 Å². The maximum Gasteiger partial charge on any atom is 0.315 e. The van der Waals surface area contributed by atoms with Gasteiger partial charge in [-0.25, -0.2) is 9.78 Å². The summed E-state index contributed by atoms with van der Waals surface area (Å²) in [5.41, 5.74) is -0.522. The highest BCUT2D eigenvalue weighted by Crippen LogP contribution is 2.20. The van der Waals surface area contributed by atoms with Crippen molar-refractivity contribution in [3.63, 3.8) is 0 Å². The van der Waals surface area contributed by atoms with Crippen molar-refractivity contribution in [1.29, 1.82) is 0 Å². The van der Waals surface area contributed by atoms with Crippen LogP contribution in [-0.2, 0) is 19.1 Å². The lowest BCUT2D eigenvalue weighted by Crippen LogP contribution is -2.44. The van der Waals surface area contributed by atoms with E-state index in [9.17, 15) is 9.90 Å².